The fraction of sp³-hybridized carbons (Fsp3) is 0.348. The molecule has 0 radical (unpaired) electrons. The van der Waals surface area contributed by atoms with Crippen LogP contribution < -0.4 is 11.5 Å². The average Bonchev–Trinajstić information content (AvgIpc) is 3.48. The molecule has 0 bridgehead atoms. The molecular formula is C23H27N7O2. The van der Waals surface area contributed by atoms with E-state index in [-0.39, 0.29) is 12.8 Å². The van der Waals surface area contributed by atoms with E-state index in [2.05, 4.69) is 47.1 Å². The number of nitrogen functional groups attached to an aromatic ring is 1. The summed E-state index contributed by atoms with van der Waals surface area (Å²) in [4.78, 5) is 8.64. The quantitative estimate of drug-likeness (QED) is 0.440. The first-order chi connectivity index (χ1) is 15.4. The predicted molar refractivity (Wildman–Crippen MR) is 122 cm³/mol. The molecule has 1 fully saturated rings. The van der Waals surface area contributed by atoms with Crippen LogP contribution >= 0.6 is 0 Å². The van der Waals surface area contributed by atoms with Gasteiger partial charge in [0.15, 0.2) is 0 Å². The standard InChI is InChI=1S/C23H27N7O2/c1-13-3-4-15(5-14(13)2)9-29-10-16(8-28-29)17-11-30(20-6-18(31)19(7-24)32-20)23-21(17)22(25)26-12-27-23/h3-5,8,10-12,18-20,31H,6-7,9,24H2,1-2H3,(H2,25,26,27)/t18-,19+,20+/m0/s1. The molecule has 9 heteroatoms. The molecule has 5 N–H and O–H groups in total. The van der Waals surface area contributed by atoms with Crippen LogP contribution in [0.4, 0.5) is 5.82 Å². The second-order valence-electron chi connectivity index (χ2n) is 8.42. The summed E-state index contributed by atoms with van der Waals surface area (Å²) < 4.78 is 9.79. The van der Waals surface area contributed by atoms with Gasteiger partial charge >= 0.3 is 0 Å². The van der Waals surface area contributed by atoms with Gasteiger partial charge in [-0.15, -0.1) is 0 Å². The van der Waals surface area contributed by atoms with Gasteiger partial charge in [0.1, 0.15) is 24.0 Å². The second kappa shape index (κ2) is 8.01. The monoisotopic (exact) mass is 433 g/mol. The molecule has 4 aromatic rings. The van der Waals surface area contributed by atoms with Gasteiger partial charge in [-0.25, -0.2) is 9.97 Å². The lowest BCUT2D eigenvalue weighted by Crippen LogP contribution is -2.29. The van der Waals surface area contributed by atoms with E-state index >= 15 is 0 Å². The number of anilines is 1. The Balaban J connectivity index is 1.51. The number of ether oxygens (including phenoxy) is 1. The Hall–Kier alpha value is -3.27. The fourth-order valence-corrected chi connectivity index (χ4v) is 4.32. The van der Waals surface area contributed by atoms with Gasteiger partial charge in [-0.3, -0.25) is 4.68 Å². The van der Waals surface area contributed by atoms with Gasteiger partial charge in [0.25, 0.3) is 0 Å². The number of hydrogen-bond donors (Lipinski definition) is 3. The maximum atomic E-state index is 10.3. The molecule has 1 saturated heterocycles. The Bertz CT molecular complexity index is 1280. The van der Waals surface area contributed by atoms with Crippen molar-refractivity contribution in [3.63, 3.8) is 0 Å². The van der Waals surface area contributed by atoms with Gasteiger partial charge in [-0.1, -0.05) is 18.2 Å². The van der Waals surface area contributed by atoms with E-state index in [1.807, 2.05) is 27.8 Å². The molecule has 1 aliphatic rings. The Labute approximate surface area is 185 Å². The van der Waals surface area contributed by atoms with Crippen LogP contribution in [-0.2, 0) is 11.3 Å². The smallest absolute Gasteiger partial charge is 0.148 e. The maximum Gasteiger partial charge on any atom is 0.148 e. The molecule has 4 heterocycles. The average molecular weight is 434 g/mol. The summed E-state index contributed by atoms with van der Waals surface area (Å²) in [5, 5.41) is 15.6. The van der Waals surface area contributed by atoms with E-state index in [0.717, 1.165) is 16.5 Å². The van der Waals surface area contributed by atoms with E-state index < -0.39 is 12.2 Å². The SMILES string of the molecule is Cc1ccc(Cn2cc(-c3cn([C@H]4C[C@H](O)[C@@H](CN)O4)c4ncnc(N)c34)cn2)cc1C. The van der Waals surface area contributed by atoms with Crippen molar-refractivity contribution in [3.05, 3.63) is 59.8 Å². The summed E-state index contributed by atoms with van der Waals surface area (Å²) in [6.07, 6.45) is 6.23. The lowest BCUT2D eigenvalue weighted by molar-refractivity contribution is -0.0112. The third kappa shape index (κ3) is 3.54. The lowest BCUT2D eigenvalue weighted by atomic mass is 10.1. The van der Waals surface area contributed by atoms with Crippen molar-refractivity contribution in [1.82, 2.24) is 24.3 Å². The van der Waals surface area contributed by atoms with Crippen molar-refractivity contribution in [2.24, 2.45) is 5.73 Å². The molecule has 0 spiro atoms. The minimum Gasteiger partial charge on any atom is -0.390 e. The molecule has 5 rings (SSSR count). The normalized spacial score (nSPS) is 20.9. The van der Waals surface area contributed by atoms with Crippen molar-refractivity contribution in [1.29, 1.82) is 0 Å². The highest BCUT2D eigenvalue weighted by molar-refractivity contribution is 6.00. The first-order valence-corrected chi connectivity index (χ1v) is 10.7. The Kier molecular flexibility index (Phi) is 5.16. The first-order valence-electron chi connectivity index (χ1n) is 10.7. The summed E-state index contributed by atoms with van der Waals surface area (Å²) in [5.74, 6) is 0.388. The fourth-order valence-electron chi connectivity index (χ4n) is 4.32. The molecule has 0 saturated carbocycles. The molecule has 0 aliphatic carbocycles. The van der Waals surface area contributed by atoms with Gasteiger partial charge in [0, 0.05) is 36.5 Å². The number of nitrogens with two attached hydrogens (primary N) is 2. The van der Waals surface area contributed by atoms with Crippen LogP contribution in [0.2, 0.25) is 0 Å². The third-order valence-electron chi connectivity index (χ3n) is 6.25. The van der Waals surface area contributed by atoms with Crippen molar-refractivity contribution in [2.75, 3.05) is 12.3 Å². The molecule has 3 aromatic heterocycles. The molecule has 9 nitrogen and oxygen atoms in total. The number of aromatic nitrogens is 5. The van der Waals surface area contributed by atoms with Crippen LogP contribution in [-0.4, -0.2) is 48.2 Å². The summed E-state index contributed by atoms with van der Waals surface area (Å²) in [6.45, 7) is 5.15. The molecule has 0 amide bonds. The highest BCUT2D eigenvalue weighted by Crippen LogP contribution is 2.37. The number of hydrogen-bond acceptors (Lipinski definition) is 7. The van der Waals surface area contributed by atoms with Gasteiger partial charge in [-0.05, 0) is 30.5 Å². The minimum atomic E-state index is -0.620. The predicted octanol–water partition coefficient (Wildman–Crippen LogP) is 2.15. The second-order valence-corrected chi connectivity index (χ2v) is 8.42. The van der Waals surface area contributed by atoms with Crippen LogP contribution in [0.3, 0.4) is 0 Å². The van der Waals surface area contributed by atoms with Gasteiger partial charge in [0.2, 0.25) is 0 Å². The zero-order valence-electron chi connectivity index (χ0n) is 18.1. The van der Waals surface area contributed by atoms with E-state index in [4.69, 9.17) is 16.2 Å². The minimum absolute atomic E-state index is 0.256. The highest BCUT2D eigenvalue weighted by Gasteiger charge is 2.35. The van der Waals surface area contributed by atoms with Gasteiger partial charge in [0.05, 0.1) is 30.3 Å². The number of benzene rings is 1. The summed E-state index contributed by atoms with van der Waals surface area (Å²) >= 11 is 0. The molecule has 1 aromatic carbocycles. The van der Waals surface area contributed by atoms with E-state index in [1.165, 1.54) is 23.0 Å². The summed E-state index contributed by atoms with van der Waals surface area (Å²) in [7, 11) is 0. The molecule has 166 valence electrons. The molecule has 3 atom stereocenters. The summed E-state index contributed by atoms with van der Waals surface area (Å²) in [6, 6.07) is 6.44. The Morgan fingerprint density at radius 2 is 2.03 bits per heavy atom. The third-order valence-corrected chi connectivity index (χ3v) is 6.25. The van der Waals surface area contributed by atoms with E-state index in [1.54, 1.807) is 0 Å². The molecule has 1 aliphatic heterocycles. The van der Waals surface area contributed by atoms with Crippen LogP contribution in [0.1, 0.15) is 29.3 Å². The number of aryl methyl sites for hydroxylation is 2. The van der Waals surface area contributed by atoms with Crippen molar-refractivity contribution in [2.45, 2.75) is 45.2 Å². The number of rotatable bonds is 5. The number of aliphatic hydroxyl groups excluding tert-OH is 1. The largest absolute Gasteiger partial charge is 0.390 e. The zero-order valence-corrected chi connectivity index (χ0v) is 18.1. The van der Waals surface area contributed by atoms with E-state index in [0.29, 0.717) is 24.4 Å². The highest BCUT2D eigenvalue weighted by atomic mass is 16.5. The Morgan fingerprint density at radius 3 is 2.78 bits per heavy atom. The molecule has 0 unspecified atom stereocenters. The maximum absolute atomic E-state index is 10.3. The topological polar surface area (TPSA) is 130 Å². The van der Waals surface area contributed by atoms with E-state index in [9.17, 15) is 5.11 Å². The van der Waals surface area contributed by atoms with Crippen molar-refractivity contribution < 1.29 is 9.84 Å². The zero-order chi connectivity index (χ0) is 22.4. The number of nitrogens with zero attached hydrogens (tertiary/aromatic N) is 5. The first kappa shape index (κ1) is 20.6. The van der Waals surface area contributed by atoms with Crippen molar-refractivity contribution >= 4 is 16.9 Å². The van der Waals surface area contributed by atoms with Crippen LogP contribution in [0.15, 0.2) is 43.1 Å². The van der Waals surface area contributed by atoms with Gasteiger partial charge in [-0.2, -0.15) is 5.10 Å². The van der Waals surface area contributed by atoms with Crippen LogP contribution in [0.25, 0.3) is 22.2 Å². The Morgan fingerprint density at radius 1 is 1.19 bits per heavy atom. The number of aliphatic hydroxyl groups is 1. The van der Waals surface area contributed by atoms with Crippen LogP contribution in [0, 0.1) is 13.8 Å². The summed E-state index contributed by atoms with van der Waals surface area (Å²) in [5.41, 5.74) is 18.1. The van der Waals surface area contributed by atoms with Crippen LogP contribution in [0.5, 0.6) is 0 Å². The molecule has 32 heavy (non-hydrogen) atoms. The van der Waals surface area contributed by atoms with Gasteiger partial charge < -0.3 is 25.9 Å². The lowest BCUT2D eigenvalue weighted by Gasteiger charge is -2.14. The molecular weight excluding hydrogens is 406 g/mol. The van der Waals surface area contributed by atoms with Crippen molar-refractivity contribution in [3.8, 4) is 11.1 Å². The number of fused-ring (bicyclic) bond motifs is 1.